The number of pyridine rings is 1. The van der Waals surface area contributed by atoms with Gasteiger partial charge in [-0.1, -0.05) is 26.8 Å². The summed E-state index contributed by atoms with van der Waals surface area (Å²) in [7, 11) is 0. The molecule has 17 heavy (non-hydrogen) atoms. The molecule has 0 aliphatic carbocycles. The Bertz CT molecular complexity index is 347. The second-order valence-corrected chi connectivity index (χ2v) is 5.68. The highest BCUT2D eigenvalue weighted by atomic mass is 16.5. The minimum absolute atomic E-state index is 0.185. The van der Waals surface area contributed by atoms with Gasteiger partial charge in [-0.15, -0.1) is 0 Å². The van der Waals surface area contributed by atoms with Gasteiger partial charge in [0.15, 0.2) is 0 Å². The Labute approximate surface area is 104 Å². The molecule has 2 rings (SSSR count). The Morgan fingerprint density at radius 2 is 1.94 bits per heavy atom. The van der Waals surface area contributed by atoms with Crippen molar-refractivity contribution in [2.45, 2.75) is 32.7 Å². The number of hydrogen-bond donors (Lipinski definition) is 0. The highest BCUT2D eigenvalue weighted by molar-refractivity contribution is 5.21. The maximum atomic E-state index is 5.34. The molecule has 0 spiro atoms. The molecule has 1 aromatic heterocycles. The predicted octanol–water partition coefficient (Wildman–Crippen LogP) is 2.21. The number of hydrogen-bond acceptors (Lipinski definition) is 3. The minimum Gasteiger partial charge on any atom is -0.379 e. The first-order chi connectivity index (χ1) is 8.05. The van der Waals surface area contributed by atoms with Gasteiger partial charge in [-0.2, -0.15) is 0 Å². The molecule has 0 aromatic carbocycles. The fourth-order valence-electron chi connectivity index (χ4n) is 1.95. The molecular weight excluding hydrogens is 212 g/mol. The molecule has 0 atom stereocenters. The molecule has 0 radical (unpaired) electrons. The van der Waals surface area contributed by atoms with Gasteiger partial charge in [-0.05, 0) is 17.0 Å². The van der Waals surface area contributed by atoms with Crippen LogP contribution in [0.15, 0.2) is 18.3 Å². The SMILES string of the molecule is CC(C)(C)c1ccc(CN2CCOCC2)nc1. The van der Waals surface area contributed by atoms with Gasteiger partial charge in [-0.25, -0.2) is 0 Å². The van der Waals surface area contributed by atoms with Gasteiger partial charge in [0.1, 0.15) is 0 Å². The van der Waals surface area contributed by atoms with E-state index >= 15 is 0 Å². The third kappa shape index (κ3) is 3.51. The Kier molecular flexibility index (Phi) is 3.79. The standard InChI is InChI=1S/C14H22N2O/c1-14(2,3)12-4-5-13(15-10-12)11-16-6-8-17-9-7-16/h4-5,10H,6-9,11H2,1-3H3. The van der Waals surface area contributed by atoms with Crippen molar-refractivity contribution < 1.29 is 4.74 Å². The first-order valence-corrected chi connectivity index (χ1v) is 6.31. The summed E-state index contributed by atoms with van der Waals surface area (Å²) in [6.07, 6.45) is 2.01. The Morgan fingerprint density at radius 1 is 1.24 bits per heavy atom. The summed E-state index contributed by atoms with van der Waals surface area (Å²) in [5.41, 5.74) is 2.63. The molecule has 1 saturated heterocycles. The number of rotatable bonds is 2. The molecule has 1 aliphatic heterocycles. The summed E-state index contributed by atoms with van der Waals surface area (Å²) in [6, 6.07) is 4.35. The van der Waals surface area contributed by atoms with Gasteiger partial charge in [0.25, 0.3) is 0 Å². The van der Waals surface area contributed by atoms with Crippen molar-refractivity contribution in [3.8, 4) is 0 Å². The summed E-state index contributed by atoms with van der Waals surface area (Å²) in [4.78, 5) is 6.95. The topological polar surface area (TPSA) is 25.4 Å². The quantitative estimate of drug-likeness (QED) is 0.784. The molecule has 1 aromatic rings. The van der Waals surface area contributed by atoms with Crippen LogP contribution in [0, 0.1) is 0 Å². The van der Waals surface area contributed by atoms with Crippen LogP contribution >= 0.6 is 0 Å². The summed E-state index contributed by atoms with van der Waals surface area (Å²) in [5, 5.41) is 0. The fourth-order valence-corrected chi connectivity index (χ4v) is 1.95. The third-order valence-electron chi connectivity index (χ3n) is 3.18. The molecule has 3 heteroatoms. The maximum Gasteiger partial charge on any atom is 0.0594 e. The molecule has 0 saturated carbocycles. The average Bonchev–Trinajstić information content (AvgIpc) is 2.30. The van der Waals surface area contributed by atoms with E-state index in [0.717, 1.165) is 38.5 Å². The van der Waals surface area contributed by atoms with E-state index in [1.165, 1.54) is 5.56 Å². The first kappa shape index (κ1) is 12.5. The number of aromatic nitrogens is 1. The average molecular weight is 234 g/mol. The molecule has 3 nitrogen and oxygen atoms in total. The summed E-state index contributed by atoms with van der Waals surface area (Å²) >= 11 is 0. The number of ether oxygens (including phenoxy) is 1. The van der Waals surface area contributed by atoms with Gasteiger partial charge in [0.05, 0.1) is 18.9 Å². The van der Waals surface area contributed by atoms with Crippen LogP contribution in [0.4, 0.5) is 0 Å². The molecule has 0 amide bonds. The third-order valence-corrected chi connectivity index (χ3v) is 3.18. The smallest absolute Gasteiger partial charge is 0.0594 e. The van der Waals surface area contributed by atoms with Gasteiger partial charge >= 0.3 is 0 Å². The number of morpholine rings is 1. The van der Waals surface area contributed by atoms with Crippen LogP contribution in [0.2, 0.25) is 0 Å². The zero-order valence-electron chi connectivity index (χ0n) is 11.1. The van der Waals surface area contributed by atoms with Crippen molar-refractivity contribution in [2.24, 2.45) is 0 Å². The Morgan fingerprint density at radius 3 is 2.47 bits per heavy atom. The van der Waals surface area contributed by atoms with Crippen LogP contribution in [0.5, 0.6) is 0 Å². The van der Waals surface area contributed by atoms with Crippen molar-refractivity contribution >= 4 is 0 Å². The fraction of sp³-hybridized carbons (Fsp3) is 0.643. The lowest BCUT2D eigenvalue weighted by molar-refractivity contribution is 0.0336. The van der Waals surface area contributed by atoms with E-state index in [4.69, 9.17) is 4.74 Å². The summed E-state index contributed by atoms with van der Waals surface area (Å²) in [6.45, 7) is 11.3. The first-order valence-electron chi connectivity index (χ1n) is 6.31. The Balaban J connectivity index is 1.98. The van der Waals surface area contributed by atoms with Crippen LogP contribution in [-0.4, -0.2) is 36.2 Å². The molecular formula is C14H22N2O. The molecule has 0 N–H and O–H groups in total. The molecule has 1 aliphatic rings. The van der Waals surface area contributed by atoms with E-state index in [-0.39, 0.29) is 5.41 Å². The van der Waals surface area contributed by atoms with Crippen LogP contribution in [-0.2, 0) is 16.7 Å². The van der Waals surface area contributed by atoms with Crippen molar-refractivity contribution in [1.82, 2.24) is 9.88 Å². The van der Waals surface area contributed by atoms with E-state index in [1.807, 2.05) is 6.20 Å². The lowest BCUT2D eigenvalue weighted by Crippen LogP contribution is -2.35. The second kappa shape index (κ2) is 5.15. The van der Waals surface area contributed by atoms with Crippen LogP contribution in [0.25, 0.3) is 0 Å². The lowest BCUT2D eigenvalue weighted by atomic mass is 9.88. The lowest BCUT2D eigenvalue weighted by Gasteiger charge is -2.26. The van der Waals surface area contributed by atoms with E-state index in [0.29, 0.717) is 0 Å². The van der Waals surface area contributed by atoms with Gasteiger partial charge in [-0.3, -0.25) is 9.88 Å². The molecule has 94 valence electrons. The van der Waals surface area contributed by atoms with Crippen molar-refractivity contribution in [1.29, 1.82) is 0 Å². The molecule has 0 unspecified atom stereocenters. The Hall–Kier alpha value is -0.930. The van der Waals surface area contributed by atoms with Crippen molar-refractivity contribution in [3.63, 3.8) is 0 Å². The normalized spacial score (nSPS) is 18.3. The summed E-state index contributed by atoms with van der Waals surface area (Å²) in [5.74, 6) is 0. The van der Waals surface area contributed by atoms with Crippen LogP contribution in [0.3, 0.4) is 0 Å². The second-order valence-electron chi connectivity index (χ2n) is 5.68. The van der Waals surface area contributed by atoms with Crippen molar-refractivity contribution in [2.75, 3.05) is 26.3 Å². The van der Waals surface area contributed by atoms with Gasteiger partial charge in [0, 0.05) is 25.8 Å². The number of nitrogens with zero attached hydrogens (tertiary/aromatic N) is 2. The van der Waals surface area contributed by atoms with E-state index < -0.39 is 0 Å². The maximum absolute atomic E-state index is 5.34. The van der Waals surface area contributed by atoms with Gasteiger partial charge < -0.3 is 4.74 Å². The monoisotopic (exact) mass is 234 g/mol. The van der Waals surface area contributed by atoms with E-state index in [2.05, 4.69) is 42.8 Å². The van der Waals surface area contributed by atoms with E-state index in [9.17, 15) is 0 Å². The van der Waals surface area contributed by atoms with Crippen molar-refractivity contribution in [3.05, 3.63) is 29.6 Å². The van der Waals surface area contributed by atoms with E-state index in [1.54, 1.807) is 0 Å². The highest BCUT2D eigenvalue weighted by Crippen LogP contribution is 2.21. The zero-order valence-corrected chi connectivity index (χ0v) is 11.1. The molecule has 0 bridgehead atoms. The summed E-state index contributed by atoms with van der Waals surface area (Å²) < 4.78 is 5.34. The predicted molar refractivity (Wildman–Crippen MR) is 69.0 cm³/mol. The van der Waals surface area contributed by atoms with Gasteiger partial charge in [0.2, 0.25) is 0 Å². The van der Waals surface area contributed by atoms with Crippen LogP contribution in [0.1, 0.15) is 32.0 Å². The highest BCUT2D eigenvalue weighted by Gasteiger charge is 2.15. The molecule has 2 heterocycles. The zero-order chi connectivity index (χ0) is 12.3. The van der Waals surface area contributed by atoms with Crippen LogP contribution < -0.4 is 0 Å². The largest absolute Gasteiger partial charge is 0.379 e. The molecule has 1 fully saturated rings. The minimum atomic E-state index is 0.185.